The summed E-state index contributed by atoms with van der Waals surface area (Å²) >= 11 is 5.85. The third-order valence-electron chi connectivity index (χ3n) is 2.63. The van der Waals surface area contributed by atoms with Crippen molar-refractivity contribution in [1.29, 1.82) is 0 Å². The number of pyridine rings is 1. The van der Waals surface area contributed by atoms with Gasteiger partial charge in [0, 0.05) is 18.0 Å². The second-order valence-corrected chi connectivity index (χ2v) is 4.33. The molecule has 1 heterocycles. The molecule has 0 saturated carbocycles. The summed E-state index contributed by atoms with van der Waals surface area (Å²) in [6.07, 6.45) is -2.93. The van der Waals surface area contributed by atoms with Crippen LogP contribution in [0.4, 0.5) is 13.2 Å². The van der Waals surface area contributed by atoms with Crippen LogP contribution in [-0.2, 0) is 6.18 Å². The van der Waals surface area contributed by atoms with Gasteiger partial charge in [0.2, 0.25) is 0 Å². The average molecular weight is 288 g/mol. The van der Waals surface area contributed by atoms with Gasteiger partial charge in [-0.15, -0.1) is 0 Å². The van der Waals surface area contributed by atoms with E-state index >= 15 is 0 Å². The van der Waals surface area contributed by atoms with E-state index in [9.17, 15) is 18.3 Å². The van der Waals surface area contributed by atoms with E-state index in [4.69, 9.17) is 11.6 Å². The Hall–Kier alpha value is -1.59. The molecule has 2 nitrogen and oxygen atoms in total. The Labute approximate surface area is 112 Å². The van der Waals surface area contributed by atoms with Crippen molar-refractivity contribution in [2.24, 2.45) is 0 Å². The van der Waals surface area contributed by atoms with E-state index in [-0.39, 0.29) is 10.6 Å². The number of aliphatic hydroxyl groups is 1. The van der Waals surface area contributed by atoms with Gasteiger partial charge < -0.3 is 5.11 Å². The molecular weight excluding hydrogens is 279 g/mol. The maximum atomic E-state index is 12.6. The molecule has 6 heteroatoms. The van der Waals surface area contributed by atoms with Crippen LogP contribution in [0.2, 0.25) is 5.02 Å². The van der Waals surface area contributed by atoms with Crippen molar-refractivity contribution in [3.63, 3.8) is 0 Å². The summed E-state index contributed by atoms with van der Waals surface area (Å²) in [6, 6.07) is 5.98. The smallest absolute Gasteiger partial charge is 0.384 e. The quantitative estimate of drug-likeness (QED) is 0.910. The molecule has 0 fully saturated rings. The Balaban J connectivity index is 2.40. The van der Waals surface area contributed by atoms with Crippen LogP contribution in [0.5, 0.6) is 0 Å². The van der Waals surface area contributed by atoms with Crippen LogP contribution in [0.3, 0.4) is 0 Å². The summed E-state index contributed by atoms with van der Waals surface area (Å²) in [6.45, 7) is 0. The lowest BCUT2D eigenvalue weighted by molar-refractivity contribution is -0.137. The first-order valence-corrected chi connectivity index (χ1v) is 5.72. The van der Waals surface area contributed by atoms with Gasteiger partial charge in [0.25, 0.3) is 0 Å². The van der Waals surface area contributed by atoms with Crippen LogP contribution in [-0.4, -0.2) is 10.1 Å². The van der Waals surface area contributed by atoms with Gasteiger partial charge in [0.1, 0.15) is 6.10 Å². The van der Waals surface area contributed by atoms with E-state index in [0.29, 0.717) is 5.56 Å². The Morgan fingerprint density at radius 1 is 1.21 bits per heavy atom. The Kier molecular flexibility index (Phi) is 3.78. The standard InChI is InChI=1S/C13H9ClF3NO/c14-11-7-18-5-4-10(11)12(19)8-2-1-3-9(6-8)13(15,16)17/h1-7,12,19H. The minimum absolute atomic E-state index is 0.128. The van der Waals surface area contributed by atoms with Crippen LogP contribution < -0.4 is 0 Å². The van der Waals surface area contributed by atoms with Crippen molar-refractivity contribution in [2.45, 2.75) is 12.3 Å². The third kappa shape index (κ3) is 3.05. The highest BCUT2D eigenvalue weighted by Gasteiger charge is 2.31. The van der Waals surface area contributed by atoms with E-state index in [0.717, 1.165) is 12.1 Å². The fraction of sp³-hybridized carbons (Fsp3) is 0.154. The third-order valence-corrected chi connectivity index (χ3v) is 2.94. The average Bonchev–Trinajstić information content (AvgIpc) is 2.38. The SMILES string of the molecule is OC(c1cccc(C(F)(F)F)c1)c1ccncc1Cl. The minimum atomic E-state index is -4.45. The lowest BCUT2D eigenvalue weighted by Crippen LogP contribution is -2.07. The predicted molar refractivity (Wildman–Crippen MR) is 64.8 cm³/mol. The molecule has 0 aliphatic rings. The number of alkyl halides is 3. The van der Waals surface area contributed by atoms with Gasteiger partial charge in [-0.2, -0.15) is 13.2 Å². The van der Waals surface area contributed by atoms with Gasteiger partial charge in [-0.3, -0.25) is 4.98 Å². The molecule has 1 N–H and O–H groups in total. The number of aromatic nitrogens is 1. The van der Waals surface area contributed by atoms with Crippen molar-refractivity contribution in [3.8, 4) is 0 Å². The lowest BCUT2D eigenvalue weighted by Gasteiger charge is -2.14. The van der Waals surface area contributed by atoms with Gasteiger partial charge in [-0.05, 0) is 23.8 Å². The molecule has 2 aromatic rings. The number of nitrogens with zero attached hydrogens (tertiary/aromatic N) is 1. The van der Waals surface area contributed by atoms with Crippen molar-refractivity contribution < 1.29 is 18.3 Å². The van der Waals surface area contributed by atoms with Crippen molar-refractivity contribution in [2.75, 3.05) is 0 Å². The first-order valence-electron chi connectivity index (χ1n) is 5.34. The molecule has 1 aromatic heterocycles. The molecule has 2 rings (SSSR count). The monoisotopic (exact) mass is 287 g/mol. The van der Waals surface area contributed by atoms with E-state index in [1.54, 1.807) is 0 Å². The van der Waals surface area contributed by atoms with Gasteiger partial charge in [0.15, 0.2) is 0 Å². The summed E-state index contributed by atoms with van der Waals surface area (Å²) in [7, 11) is 0. The molecule has 1 aromatic carbocycles. The predicted octanol–water partition coefficient (Wildman–Crippen LogP) is 3.84. The van der Waals surface area contributed by atoms with Crippen LogP contribution in [0.1, 0.15) is 22.8 Å². The van der Waals surface area contributed by atoms with Gasteiger partial charge >= 0.3 is 6.18 Å². The highest BCUT2D eigenvalue weighted by Crippen LogP contribution is 2.33. The summed E-state index contributed by atoms with van der Waals surface area (Å²) < 4.78 is 37.8. The number of hydrogen-bond donors (Lipinski definition) is 1. The highest BCUT2D eigenvalue weighted by atomic mass is 35.5. The fourth-order valence-electron chi connectivity index (χ4n) is 1.67. The molecule has 0 saturated heterocycles. The van der Waals surface area contributed by atoms with E-state index in [1.165, 1.54) is 30.6 Å². The second kappa shape index (κ2) is 5.19. The molecule has 0 aliphatic carbocycles. The van der Waals surface area contributed by atoms with E-state index < -0.39 is 17.8 Å². The summed E-state index contributed by atoms with van der Waals surface area (Å²) in [5.41, 5.74) is -0.367. The first-order chi connectivity index (χ1) is 8.89. The van der Waals surface area contributed by atoms with Crippen LogP contribution in [0.15, 0.2) is 42.7 Å². The number of aliphatic hydroxyl groups excluding tert-OH is 1. The second-order valence-electron chi connectivity index (χ2n) is 3.92. The minimum Gasteiger partial charge on any atom is -0.384 e. The Morgan fingerprint density at radius 3 is 2.58 bits per heavy atom. The summed E-state index contributed by atoms with van der Waals surface area (Å²) in [5.74, 6) is 0. The van der Waals surface area contributed by atoms with Crippen molar-refractivity contribution in [1.82, 2.24) is 4.98 Å². The molecular formula is C13H9ClF3NO. The zero-order chi connectivity index (χ0) is 14.0. The maximum Gasteiger partial charge on any atom is 0.416 e. The molecule has 1 unspecified atom stereocenters. The molecule has 100 valence electrons. The number of rotatable bonds is 2. The van der Waals surface area contributed by atoms with Gasteiger partial charge in [-0.1, -0.05) is 23.7 Å². The molecule has 0 amide bonds. The first kappa shape index (κ1) is 13.8. The normalized spacial score (nSPS) is 13.3. The molecule has 1 atom stereocenters. The van der Waals surface area contributed by atoms with Gasteiger partial charge in [0.05, 0.1) is 10.6 Å². The Morgan fingerprint density at radius 2 is 1.95 bits per heavy atom. The Bertz CT molecular complexity index is 586. The molecule has 19 heavy (non-hydrogen) atoms. The molecule has 0 spiro atoms. The van der Waals surface area contributed by atoms with Crippen molar-refractivity contribution >= 4 is 11.6 Å². The number of halogens is 4. The maximum absolute atomic E-state index is 12.6. The largest absolute Gasteiger partial charge is 0.416 e. The number of hydrogen-bond acceptors (Lipinski definition) is 2. The lowest BCUT2D eigenvalue weighted by atomic mass is 10.0. The summed E-state index contributed by atoms with van der Waals surface area (Å²) in [5, 5.41) is 10.3. The van der Waals surface area contributed by atoms with E-state index in [1.807, 2.05) is 0 Å². The summed E-state index contributed by atoms with van der Waals surface area (Å²) in [4.78, 5) is 3.75. The number of benzene rings is 1. The highest BCUT2D eigenvalue weighted by molar-refractivity contribution is 6.31. The molecule has 0 aliphatic heterocycles. The van der Waals surface area contributed by atoms with E-state index in [2.05, 4.69) is 4.98 Å². The van der Waals surface area contributed by atoms with Crippen LogP contribution in [0, 0.1) is 0 Å². The fourth-order valence-corrected chi connectivity index (χ4v) is 1.90. The zero-order valence-corrected chi connectivity index (χ0v) is 10.3. The zero-order valence-electron chi connectivity index (χ0n) is 9.53. The van der Waals surface area contributed by atoms with Crippen molar-refractivity contribution in [3.05, 3.63) is 64.4 Å². The topological polar surface area (TPSA) is 33.1 Å². The molecule has 0 bridgehead atoms. The molecule has 0 radical (unpaired) electrons. The van der Waals surface area contributed by atoms with Crippen LogP contribution in [0.25, 0.3) is 0 Å². The van der Waals surface area contributed by atoms with Crippen LogP contribution >= 0.6 is 11.6 Å². The van der Waals surface area contributed by atoms with Gasteiger partial charge in [-0.25, -0.2) is 0 Å².